The summed E-state index contributed by atoms with van der Waals surface area (Å²) >= 11 is 0. The van der Waals surface area contributed by atoms with E-state index in [1.807, 2.05) is 13.8 Å². The van der Waals surface area contributed by atoms with Crippen LogP contribution in [0.15, 0.2) is 20.4 Å². The van der Waals surface area contributed by atoms with Gasteiger partial charge < -0.3 is 5.32 Å². The second-order valence-electron chi connectivity index (χ2n) is 8.21. The van der Waals surface area contributed by atoms with Gasteiger partial charge in [0.15, 0.2) is 0 Å². The maximum atomic E-state index is 13.3. The second-order valence-corrected chi connectivity index (χ2v) is 8.21. The second kappa shape index (κ2) is 9.45. The molecule has 0 unspecified atom stereocenters. The van der Waals surface area contributed by atoms with Crippen molar-refractivity contribution in [1.29, 1.82) is 0 Å². The molecular weight excluding hydrogens is 384 g/mol. The molecule has 0 radical (unpaired) electrons. The van der Waals surface area contributed by atoms with Gasteiger partial charge in [0.05, 0.1) is 10.9 Å². The molecule has 2 aromatic heterocycles. The van der Waals surface area contributed by atoms with Crippen LogP contribution in [0, 0.1) is 0 Å². The molecule has 2 heterocycles. The summed E-state index contributed by atoms with van der Waals surface area (Å²) in [5, 5.41) is 3.18. The van der Waals surface area contributed by atoms with Crippen LogP contribution in [0.5, 0.6) is 0 Å². The Bertz CT molecular complexity index is 1100. The number of pyridine rings is 1. The van der Waals surface area contributed by atoms with Gasteiger partial charge in [0.1, 0.15) is 5.65 Å². The molecule has 1 amide bonds. The largest absolute Gasteiger partial charge is 0.349 e. The van der Waals surface area contributed by atoms with Crippen LogP contribution in [0.2, 0.25) is 0 Å². The Hall–Kier alpha value is -2.64. The third-order valence-corrected chi connectivity index (χ3v) is 5.91. The van der Waals surface area contributed by atoms with Gasteiger partial charge in [-0.25, -0.2) is 4.79 Å². The Morgan fingerprint density at radius 3 is 2.20 bits per heavy atom. The zero-order valence-electron chi connectivity index (χ0n) is 18.2. The van der Waals surface area contributed by atoms with Crippen molar-refractivity contribution in [2.45, 2.75) is 84.3 Å². The van der Waals surface area contributed by atoms with Gasteiger partial charge >= 0.3 is 5.69 Å². The molecule has 0 aromatic carbocycles. The molecule has 2 aromatic rings. The van der Waals surface area contributed by atoms with Crippen LogP contribution in [0.1, 0.15) is 75.6 Å². The Balaban J connectivity index is 2.24. The monoisotopic (exact) mass is 416 g/mol. The van der Waals surface area contributed by atoms with Crippen LogP contribution >= 0.6 is 0 Å². The molecule has 1 saturated carbocycles. The first kappa shape index (κ1) is 22.1. The minimum atomic E-state index is -0.509. The SMILES string of the molecule is CCCn1c(=O)c2c(C(=O)NC3CCCCCC3)cc(=O)n(CCC)c2n(C)c1=O. The summed E-state index contributed by atoms with van der Waals surface area (Å²) in [5.74, 6) is -0.411. The van der Waals surface area contributed by atoms with Crippen LogP contribution in [-0.4, -0.2) is 25.7 Å². The minimum Gasteiger partial charge on any atom is -0.349 e. The fourth-order valence-electron chi connectivity index (χ4n) is 4.41. The lowest BCUT2D eigenvalue weighted by Gasteiger charge is -2.19. The zero-order chi connectivity index (χ0) is 21.8. The first-order valence-corrected chi connectivity index (χ1v) is 11.1. The summed E-state index contributed by atoms with van der Waals surface area (Å²) in [6.45, 7) is 4.43. The molecule has 0 aliphatic heterocycles. The Kier molecular flexibility index (Phi) is 6.95. The van der Waals surface area contributed by atoms with E-state index in [0.29, 0.717) is 19.4 Å². The van der Waals surface area contributed by atoms with Gasteiger partial charge in [0, 0.05) is 32.2 Å². The molecule has 1 aliphatic carbocycles. The quantitative estimate of drug-likeness (QED) is 0.730. The van der Waals surface area contributed by atoms with Crippen molar-refractivity contribution in [3.63, 3.8) is 0 Å². The van der Waals surface area contributed by atoms with Crippen molar-refractivity contribution in [2.75, 3.05) is 0 Å². The number of carbonyl (C=O) groups excluding carboxylic acids is 1. The molecule has 0 atom stereocenters. The lowest BCUT2D eigenvalue weighted by Crippen LogP contribution is -2.43. The summed E-state index contributed by atoms with van der Waals surface area (Å²) in [4.78, 5) is 52.1. The van der Waals surface area contributed by atoms with Gasteiger partial charge in [-0.2, -0.15) is 0 Å². The predicted molar refractivity (Wildman–Crippen MR) is 117 cm³/mol. The minimum absolute atomic E-state index is 0.0403. The third-order valence-electron chi connectivity index (χ3n) is 5.91. The number of hydrogen-bond donors (Lipinski definition) is 1. The first-order chi connectivity index (χ1) is 14.4. The van der Waals surface area contributed by atoms with Gasteiger partial charge in [-0.3, -0.25) is 28.1 Å². The molecule has 3 rings (SSSR count). The Morgan fingerprint density at radius 2 is 1.60 bits per heavy atom. The van der Waals surface area contributed by atoms with E-state index in [1.54, 1.807) is 7.05 Å². The van der Waals surface area contributed by atoms with Crippen molar-refractivity contribution in [1.82, 2.24) is 19.0 Å². The molecular formula is C22H32N4O4. The smallest absolute Gasteiger partial charge is 0.332 e. The van der Waals surface area contributed by atoms with Gasteiger partial charge in [0.25, 0.3) is 17.0 Å². The summed E-state index contributed by atoms with van der Waals surface area (Å²) in [6.07, 6.45) is 7.50. The zero-order valence-corrected chi connectivity index (χ0v) is 18.2. The van der Waals surface area contributed by atoms with Gasteiger partial charge in [-0.15, -0.1) is 0 Å². The summed E-state index contributed by atoms with van der Waals surface area (Å²) in [5.41, 5.74) is -1.07. The Morgan fingerprint density at radius 1 is 1.00 bits per heavy atom. The number of amides is 1. The van der Waals surface area contributed by atoms with Crippen molar-refractivity contribution in [3.8, 4) is 0 Å². The lowest BCUT2D eigenvalue weighted by molar-refractivity contribution is 0.0934. The van der Waals surface area contributed by atoms with Crippen LogP contribution in [-0.2, 0) is 20.1 Å². The van der Waals surface area contributed by atoms with Crippen LogP contribution in [0.3, 0.4) is 0 Å². The number of carbonyl (C=O) groups is 1. The topological polar surface area (TPSA) is 95.1 Å². The van der Waals surface area contributed by atoms with Crippen molar-refractivity contribution >= 4 is 16.9 Å². The number of nitrogens with one attached hydrogen (secondary N) is 1. The summed E-state index contributed by atoms with van der Waals surface area (Å²) in [7, 11) is 1.55. The van der Waals surface area contributed by atoms with Gasteiger partial charge in [-0.05, 0) is 25.7 Å². The standard InChI is InChI=1S/C22H32N4O4/c1-4-12-25-17(27)14-16(19(28)23-15-10-8-6-7-9-11-15)18-20(25)24(3)22(30)26(13-5-2)21(18)29/h14-15H,4-13H2,1-3H3,(H,23,28). The number of aryl methyl sites for hydroxylation is 2. The average Bonchev–Trinajstić information content (AvgIpc) is 2.99. The summed E-state index contributed by atoms with van der Waals surface area (Å²) in [6, 6.07) is 1.30. The number of aromatic nitrogens is 3. The lowest BCUT2D eigenvalue weighted by atomic mass is 10.1. The maximum Gasteiger partial charge on any atom is 0.332 e. The van der Waals surface area contributed by atoms with E-state index in [1.165, 1.54) is 15.2 Å². The highest BCUT2D eigenvalue weighted by molar-refractivity contribution is 6.05. The van der Waals surface area contributed by atoms with Gasteiger partial charge in [-0.1, -0.05) is 39.5 Å². The maximum absolute atomic E-state index is 13.3. The van der Waals surface area contributed by atoms with Gasteiger partial charge in [0.2, 0.25) is 0 Å². The highest BCUT2D eigenvalue weighted by Gasteiger charge is 2.24. The molecule has 0 spiro atoms. The molecule has 1 fully saturated rings. The van der Waals surface area contributed by atoms with Crippen LogP contribution < -0.4 is 22.1 Å². The van der Waals surface area contributed by atoms with Crippen molar-refractivity contribution in [2.24, 2.45) is 7.05 Å². The highest BCUT2D eigenvalue weighted by atomic mass is 16.2. The van der Waals surface area contributed by atoms with E-state index >= 15 is 0 Å². The van der Waals surface area contributed by atoms with E-state index in [9.17, 15) is 19.2 Å². The fourth-order valence-corrected chi connectivity index (χ4v) is 4.41. The number of nitrogens with zero attached hydrogens (tertiary/aromatic N) is 3. The predicted octanol–water partition coefficient (Wildman–Crippen LogP) is 2.13. The van der Waals surface area contributed by atoms with Crippen molar-refractivity contribution < 1.29 is 4.79 Å². The number of hydrogen-bond acceptors (Lipinski definition) is 4. The van der Waals surface area contributed by atoms with E-state index < -0.39 is 17.2 Å². The van der Waals surface area contributed by atoms with E-state index in [0.717, 1.165) is 43.1 Å². The van der Waals surface area contributed by atoms with E-state index in [2.05, 4.69) is 5.32 Å². The average molecular weight is 417 g/mol. The molecule has 1 N–H and O–H groups in total. The molecule has 30 heavy (non-hydrogen) atoms. The molecule has 0 bridgehead atoms. The van der Waals surface area contributed by atoms with Crippen molar-refractivity contribution in [3.05, 3.63) is 42.8 Å². The highest BCUT2D eigenvalue weighted by Crippen LogP contribution is 2.19. The first-order valence-electron chi connectivity index (χ1n) is 11.1. The number of fused-ring (bicyclic) bond motifs is 1. The number of rotatable bonds is 6. The third kappa shape index (κ3) is 4.13. The molecule has 0 saturated heterocycles. The molecule has 8 nitrogen and oxygen atoms in total. The van der Waals surface area contributed by atoms with E-state index in [-0.39, 0.29) is 34.7 Å². The summed E-state index contributed by atoms with van der Waals surface area (Å²) < 4.78 is 3.91. The van der Waals surface area contributed by atoms with Crippen LogP contribution in [0.4, 0.5) is 0 Å². The normalized spacial score (nSPS) is 15.3. The fraction of sp³-hybridized carbons (Fsp3) is 0.636. The van der Waals surface area contributed by atoms with E-state index in [4.69, 9.17) is 0 Å². The molecule has 1 aliphatic rings. The molecule has 164 valence electrons. The van der Waals surface area contributed by atoms with Crippen LogP contribution in [0.25, 0.3) is 11.0 Å². The Labute approximate surface area is 175 Å². The molecule has 8 heteroatoms.